The van der Waals surface area contributed by atoms with Crippen molar-refractivity contribution in [2.45, 2.75) is 46.5 Å². The van der Waals surface area contributed by atoms with E-state index in [9.17, 15) is 4.79 Å². The molecule has 0 spiro atoms. The molecule has 1 saturated carbocycles. The van der Waals surface area contributed by atoms with E-state index in [-0.39, 0.29) is 11.3 Å². The number of carbonyl (C=O) groups is 1. The summed E-state index contributed by atoms with van der Waals surface area (Å²) in [4.78, 5) is 12.4. The molecule has 3 heteroatoms. The standard InChI is InChI=1S/C14H25NO2/c1-11(2)14(7-8-17-10-14)12(16)15-9-13(3)5-4-6-13/h11H,4-10H2,1-3H3,(H,15,16). The molecule has 17 heavy (non-hydrogen) atoms. The second kappa shape index (κ2) is 4.60. The highest BCUT2D eigenvalue weighted by molar-refractivity contribution is 5.83. The van der Waals surface area contributed by atoms with Gasteiger partial charge in [0.05, 0.1) is 12.0 Å². The number of nitrogens with one attached hydrogen (secondary N) is 1. The quantitative estimate of drug-likeness (QED) is 0.818. The van der Waals surface area contributed by atoms with Crippen molar-refractivity contribution in [2.24, 2.45) is 16.7 Å². The Bertz CT molecular complexity index is 289. The zero-order valence-electron chi connectivity index (χ0n) is 11.3. The van der Waals surface area contributed by atoms with E-state index in [0.717, 1.165) is 19.6 Å². The van der Waals surface area contributed by atoms with E-state index in [1.54, 1.807) is 0 Å². The van der Waals surface area contributed by atoms with Gasteiger partial charge in [-0.25, -0.2) is 0 Å². The molecule has 2 fully saturated rings. The fourth-order valence-corrected chi connectivity index (χ4v) is 2.90. The van der Waals surface area contributed by atoms with Gasteiger partial charge in [0, 0.05) is 13.2 Å². The summed E-state index contributed by atoms with van der Waals surface area (Å²) in [6, 6.07) is 0. The smallest absolute Gasteiger partial charge is 0.228 e. The van der Waals surface area contributed by atoms with Crippen molar-refractivity contribution in [3.05, 3.63) is 0 Å². The molecule has 0 aromatic carbocycles. The lowest BCUT2D eigenvalue weighted by molar-refractivity contribution is -0.134. The van der Waals surface area contributed by atoms with Crippen LogP contribution in [0.1, 0.15) is 46.5 Å². The molecule has 0 radical (unpaired) electrons. The Morgan fingerprint density at radius 3 is 2.47 bits per heavy atom. The number of hydrogen-bond donors (Lipinski definition) is 1. The van der Waals surface area contributed by atoms with Crippen molar-refractivity contribution in [1.29, 1.82) is 0 Å². The minimum atomic E-state index is -0.278. The molecule has 0 aromatic rings. The van der Waals surface area contributed by atoms with Crippen molar-refractivity contribution in [3.63, 3.8) is 0 Å². The van der Waals surface area contributed by atoms with Crippen molar-refractivity contribution in [3.8, 4) is 0 Å². The Labute approximate surface area is 104 Å². The maximum atomic E-state index is 12.4. The maximum Gasteiger partial charge on any atom is 0.228 e. The van der Waals surface area contributed by atoms with Gasteiger partial charge in [-0.1, -0.05) is 27.2 Å². The average molecular weight is 239 g/mol. The van der Waals surface area contributed by atoms with Gasteiger partial charge in [-0.05, 0) is 30.6 Å². The van der Waals surface area contributed by atoms with E-state index in [1.165, 1.54) is 19.3 Å². The van der Waals surface area contributed by atoms with Gasteiger partial charge >= 0.3 is 0 Å². The fraction of sp³-hybridized carbons (Fsp3) is 0.929. The van der Waals surface area contributed by atoms with Crippen LogP contribution in [0.2, 0.25) is 0 Å². The first kappa shape index (κ1) is 12.9. The molecule has 3 nitrogen and oxygen atoms in total. The lowest BCUT2D eigenvalue weighted by Gasteiger charge is -2.40. The summed E-state index contributed by atoms with van der Waals surface area (Å²) in [7, 11) is 0. The van der Waals surface area contributed by atoms with E-state index < -0.39 is 0 Å². The van der Waals surface area contributed by atoms with Crippen LogP contribution in [0.5, 0.6) is 0 Å². The van der Waals surface area contributed by atoms with Crippen molar-refractivity contribution >= 4 is 5.91 Å². The minimum absolute atomic E-state index is 0.207. The van der Waals surface area contributed by atoms with Crippen LogP contribution in [0.4, 0.5) is 0 Å². The Hall–Kier alpha value is -0.570. The van der Waals surface area contributed by atoms with Crippen LogP contribution >= 0.6 is 0 Å². The Kier molecular flexibility index (Phi) is 3.48. The summed E-state index contributed by atoms with van der Waals surface area (Å²) in [6.07, 6.45) is 4.68. The van der Waals surface area contributed by atoms with E-state index in [1.807, 2.05) is 0 Å². The average Bonchev–Trinajstić information content (AvgIpc) is 2.73. The normalized spacial score (nSPS) is 31.3. The van der Waals surface area contributed by atoms with Gasteiger partial charge in [0.25, 0.3) is 0 Å². The summed E-state index contributed by atoms with van der Waals surface area (Å²) in [5, 5.41) is 3.17. The third kappa shape index (κ3) is 2.35. The predicted octanol–water partition coefficient (Wildman–Crippen LogP) is 2.36. The lowest BCUT2D eigenvalue weighted by Crippen LogP contribution is -2.49. The molecule has 1 aliphatic heterocycles. The van der Waals surface area contributed by atoms with E-state index in [4.69, 9.17) is 4.74 Å². The molecule has 1 saturated heterocycles. The molecule has 0 bridgehead atoms. The molecule has 1 unspecified atom stereocenters. The molecule has 98 valence electrons. The van der Waals surface area contributed by atoms with Crippen LogP contribution < -0.4 is 5.32 Å². The highest BCUT2D eigenvalue weighted by atomic mass is 16.5. The van der Waals surface area contributed by atoms with Crippen LogP contribution in [-0.4, -0.2) is 25.7 Å². The molecular formula is C14H25NO2. The Morgan fingerprint density at radius 1 is 1.35 bits per heavy atom. The zero-order chi connectivity index (χ0) is 12.5. The molecule has 2 aliphatic rings. The van der Waals surface area contributed by atoms with E-state index in [2.05, 4.69) is 26.1 Å². The summed E-state index contributed by atoms with van der Waals surface area (Å²) < 4.78 is 5.45. The molecule has 1 aliphatic carbocycles. The monoisotopic (exact) mass is 239 g/mol. The number of carbonyl (C=O) groups excluding carboxylic acids is 1. The predicted molar refractivity (Wildman–Crippen MR) is 67.7 cm³/mol. The highest BCUT2D eigenvalue weighted by Gasteiger charge is 2.45. The first-order chi connectivity index (χ1) is 7.99. The Morgan fingerprint density at radius 2 is 2.06 bits per heavy atom. The number of ether oxygens (including phenoxy) is 1. The Balaban J connectivity index is 1.93. The van der Waals surface area contributed by atoms with Crippen LogP contribution in [0.3, 0.4) is 0 Å². The van der Waals surface area contributed by atoms with E-state index >= 15 is 0 Å². The van der Waals surface area contributed by atoms with Gasteiger partial charge in [0.15, 0.2) is 0 Å². The first-order valence-electron chi connectivity index (χ1n) is 6.85. The largest absolute Gasteiger partial charge is 0.380 e. The molecular weight excluding hydrogens is 214 g/mol. The van der Waals surface area contributed by atoms with Gasteiger partial charge in [-0.2, -0.15) is 0 Å². The minimum Gasteiger partial charge on any atom is -0.380 e. The van der Waals surface area contributed by atoms with Crippen LogP contribution in [0.15, 0.2) is 0 Å². The summed E-state index contributed by atoms with van der Waals surface area (Å²) >= 11 is 0. The maximum absolute atomic E-state index is 12.4. The summed E-state index contributed by atoms with van der Waals surface area (Å²) in [5.74, 6) is 0.553. The second-order valence-corrected chi connectivity index (χ2v) is 6.46. The van der Waals surface area contributed by atoms with Gasteiger partial charge in [-0.15, -0.1) is 0 Å². The lowest BCUT2D eigenvalue weighted by atomic mass is 9.70. The van der Waals surface area contributed by atoms with Crippen molar-refractivity contribution in [1.82, 2.24) is 5.32 Å². The summed E-state index contributed by atoms with van der Waals surface area (Å²) in [5.41, 5.74) is 0.0768. The van der Waals surface area contributed by atoms with Crippen molar-refractivity contribution in [2.75, 3.05) is 19.8 Å². The van der Waals surface area contributed by atoms with Gasteiger partial charge in [-0.3, -0.25) is 4.79 Å². The van der Waals surface area contributed by atoms with Crippen LogP contribution in [-0.2, 0) is 9.53 Å². The van der Waals surface area contributed by atoms with Crippen LogP contribution in [0, 0.1) is 16.7 Å². The van der Waals surface area contributed by atoms with Gasteiger partial charge in [0.1, 0.15) is 0 Å². The highest BCUT2D eigenvalue weighted by Crippen LogP contribution is 2.41. The molecule has 0 aromatic heterocycles. The fourth-order valence-electron chi connectivity index (χ4n) is 2.90. The van der Waals surface area contributed by atoms with Crippen molar-refractivity contribution < 1.29 is 9.53 Å². The van der Waals surface area contributed by atoms with Gasteiger partial charge < -0.3 is 10.1 Å². The van der Waals surface area contributed by atoms with Crippen LogP contribution in [0.25, 0.3) is 0 Å². The molecule has 1 heterocycles. The molecule has 1 N–H and O–H groups in total. The number of hydrogen-bond acceptors (Lipinski definition) is 2. The topological polar surface area (TPSA) is 38.3 Å². The van der Waals surface area contributed by atoms with Gasteiger partial charge in [0.2, 0.25) is 5.91 Å². The molecule has 1 atom stereocenters. The van der Waals surface area contributed by atoms with E-state index in [0.29, 0.717) is 17.9 Å². The number of amides is 1. The first-order valence-corrected chi connectivity index (χ1v) is 6.85. The molecule has 1 amide bonds. The summed E-state index contributed by atoms with van der Waals surface area (Å²) in [6.45, 7) is 8.67. The third-order valence-electron chi connectivity index (χ3n) is 4.85. The second-order valence-electron chi connectivity index (χ2n) is 6.46. The molecule has 2 rings (SSSR count). The third-order valence-corrected chi connectivity index (χ3v) is 4.85. The number of rotatable bonds is 4. The zero-order valence-corrected chi connectivity index (χ0v) is 11.3. The SMILES string of the molecule is CC(C)C1(C(=O)NCC2(C)CCC2)CCOC1.